The molecule has 0 saturated carbocycles. The van der Waals surface area contributed by atoms with Crippen LogP contribution in [0.4, 0.5) is 0 Å². The molecule has 1 aromatic heterocycles. The first-order chi connectivity index (χ1) is 18.9. The predicted octanol–water partition coefficient (Wildman–Crippen LogP) is 4.43. The molecule has 4 rings (SSSR count). The summed E-state index contributed by atoms with van der Waals surface area (Å²) in [6.07, 6.45) is 5.80. The molecule has 1 fully saturated rings. The van der Waals surface area contributed by atoms with Crippen molar-refractivity contribution in [1.29, 1.82) is 0 Å². The van der Waals surface area contributed by atoms with Crippen molar-refractivity contribution < 1.29 is 14.3 Å². The van der Waals surface area contributed by atoms with Gasteiger partial charge in [-0.25, -0.2) is 9.97 Å². The molecule has 0 atom stereocenters. The maximum Gasteiger partial charge on any atom is 0.256 e. The van der Waals surface area contributed by atoms with Crippen LogP contribution >= 0.6 is 0 Å². The lowest BCUT2D eigenvalue weighted by Crippen LogP contribution is -2.44. The molecule has 0 unspecified atom stereocenters. The summed E-state index contributed by atoms with van der Waals surface area (Å²) in [6.45, 7) is 10.5. The highest BCUT2D eigenvalue weighted by atomic mass is 16.5. The van der Waals surface area contributed by atoms with E-state index in [2.05, 4.69) is 24.0 Å². The van der Waals surface area contributed by atoms with Gasteiger partial charge in [0.05, 0.1) is 17.6 Å². The van der Waals surface area contributed by atoms with Crippen LogP contribution in [-0.4, -0.2) is 64.4 Å². The smallest absolute Gasteiger partial charge is 0.256 e. The van der Waals surface area contributed by atoms with Crippen molar-refractivity contribution >= 4 is 11.8 Å². The van der Waals surface area contributed by atoms with Gasteiger partial charge < -0.3 is 15.4 Å². The first-order valence-corrected chi connectivity index (χ1v) is 13.9. The van der Waals surface area contributed by atoms with Gasteiger partial charge >= 0.3 is 0 Å². The van der Waals surface area contributed by atoms with E-state index in [-0.39, 0.29) is 5.91 Å². The number of piperidine rings is 1. The van der Waals surface area contributed by atoms with Crippen LogP contribution in [0.25, 0.3) is 0 Å². The Labute approximate surface area is 231 Å². The van der Waals surface area contributed by atoms with Crippen LogP contribution in [0.5, 0.6) is 5.75 Å². The second kappa shape index (κ2) is 12.8. The monoisotopic (exact) mass is 529 g/mol. The number of rotatable bonds is 11. The molecule has 2 aromatic carbocycles. The molecule has 8 heteroatoms. The van der Waals surface area contributed by atoms with E-state index in [1.165, 1.54) is 5.56 Å². The summed E-state index contributed by atoms with van der Waals surface area (Å²) >= 11 is 0. The predicted molar refractivity (Wildman–Crippen MR) is 152 cm³/mol. The third-order valence-corrected chi connectivity index (χ3v) is 7.59. The third-order valence-electron chi connectivity index (χ3n) is 7.59. The molecule has 2 N–H and O–H groups in total. The maximum atomic E-state index is 12.8. The SMILES string of the molecule is CCCOc1ccc(CN2CCC(c3cccc(C(N)=O)c3)(c3ncc(C(=O)N(CC)CC)cn3)CC2)cc1. The van der Waals surface area contributed by atoms with Crippen molar-refractivity contribution in [2.45, 2.75) is 52.0 Å². The Morgan fingerprint density at radius 3 is 2.23 bits per heavy atom. The van der Waals surface area contributed by atoms with Gasteiger partial charge in [-0.1, -0.05) is 31.2 Å². The Balaban J connectivity index is 1.57. The number of likely N-dealkylation sites (tertiary alicyclic amines) is 1. The fourth-order valence-corrected chi connectivity index (χ4v) is 5.25. The van der Waals surface area contributed by atoms with Crippen molar-refractivity contribution in [3.05, 3.63) is 89.0 Å². The number of nitrogens with two attached hydrogens (primary N) is 1. The average Bonchev–Trinajstić information content (AvgIpc) is 2.98. The highest BCUT2D eigenvalue weighted by molar-refractivity contribution is 5.94. The highest BCUT2D eigenvalue weighted by Crippen LogP contribution is 2.40. The van der Waals surface area contributed by atoms with Crippen molar-refractivity contribution in [2.75, 3.05) is 32.8 Å². The van der Waals surface area contributed by atoms with Gasteiger partial charge in [0.15, 0.2) is 0 Å². The van der Waals surface area contributed by atoms with Crippen LogP contribution in [-0.2, 0) is 12.0 Å². The summed E-state index contributed by atoms with van der Waals surface area (Å²) in [4.78, 5) is 38.5. The molecule has 2 amide bonds. The fraction of sp³-hybridized carbons (Fsp3) is 0.419. The minimum Gasteiger partial charge on any atom is -0.494 e. The molecule has 1 aliphatic heterocycles. The zero-order valence-electron chi connectivity index (χ0n) is 23.2. The van der Waals surface area contributed by atoms with E-state index >= 15 is 0 Å². The van der Waals surface area contributed by atoms with E-state index in [9.17, 15) is 9.59 Å². The van der Waals surface area contributed by atoms with E-state index in [0.717, 1.165) is 56.8 Å². The second-order valence-electron chi connectivity index (χ2n) is 10.1. The summed E-state index contributed by atoms with van der Waals surface area (Å²) in [5, 5.41) is 0. The van der Waals surface area contributed by atoms with Crippen LogP contribution < -0.4 is 10.5 Å². The molecule has 1 saturated heterocycles. The molecule has 3 aromatic rings. The quantitative estimate of drug-likeness (QED) is 0.394. The van der Waals surface area contributed by atoms with E-state index in [4.69, 9.17) is 20.4 Å². The Kier molecular flexibility index (Phi) is 9.30. The lowest BCUT2D eigenvalue weighted by Gasteiger charge is -2.41. The molecule has 206 valence electrons. The lowest BCUT2D eigenvalue weighted by molar-refractivity contribution is 0.0771. The van der Waals surface area contributed by atoms with Crippen LogP contribution in [0.2, 0.25) is 0 Å². The molecule has 2 heterocycles. The number of hydrogen-bond donors (Lipinski definition) is 1. The van der Waals surface area contributed by atoms with Crippen LogP contribution in [0.3, 0.4) is 0 Å². The van der Waals surface area contributed by atoms with Gasteiger partial charge in [0.25, 0.3) is 5.91 Å². The van der Waals surface area contributed by atoms with E-state index in [1.54, 1.807) is 23.4 Å². The van der Waals surface area contributed by atoms with Gasteiger partial charge in [-0.2, -0.15) is 0 Å². The molecule has 0 radical (unpaired) electrons. The molecule has 1 aliphatic rings. The van der Waals surface area contributed by atoms with Crippen molar-refractivity contribution in [3.63, 3.8) is 0 Å². The summed E-state index contributed by atoms with van der Waals surface area (Å²) in [6, 6.07) is 15.8. The van der Waals surface area contributed by atoms with Gasteiger partial charge in [-0.05, 0) is 81.6 Å². The molecule has 0 bridgehead atoms. The lowest BCUT2D eigenvalue weighted by atomic mass is 9.71. The first-order valence-electron chi connectivity index (χ1n) is 13.9. The van der Waals surface area contributed by atoms with Gasteiger partial charge in [0.2, 0.25) is 5.91 Å². The summed E-state index contributed by atoms with van der Waals surface area (Å²) in [5.41, 5.74) is 8.28. The number of hydrogen-bond acceptors (Lipinski definition) is 6. The molecular formula is C31H39N5O3. The fourth-order valence-electron chi connectivity index (χ4n) is 5.25. The van der Waals surface area contributed by atoms with E-state index in [0.29, 0.717) is 30.0 Å². The Bertz CT molecular complexity index is 1250. The summed E-state index contributed by atoms with van der Waals surface area (Å²) in [7, 11) is 0. The number of aromatic nitrogens is 2. The van der Waals surface area contributed by atoms with Gasteiger partial charge in [-0.3, -0.25) is 14.5 Å². The first kappa shape index (κ1) is 28.2. The third kappa shape index (κ3) is 6.45. The minimum atomic E-state index is -0.489. The molecular weight excluding hydrogens is 490 g/mol. The van der Waals surface area contributed by atoms with Crippen molar-refractivity contribution in [1.82, 2.24) is 19.8 Å². The summed E-state index contributed by atoms with van der Waals surface area (Å²) < 4.78 is 5.72. The van der Waals surface area contributed by atoms with Crippen LogP contribution in [0.15, 0.2) is 60.9 Å². The maximum absolute atomic E-state index is 12.8. The van der Waals surface area contributed by atoms with Gasteiger partial charge in [0.1, 0.15) is 11.6 Å². The molecule has 8 nitrogen and oxygen atoms in total. The zero-order chi connectivity index (χ0) is 27.8. The van der Waals surface area contributed by atoms with Crippen LogP contribution in [0.1, 0.15) is 77.7 Å². The second-order valence-corrected chi connectivity index (χ2v) is 10.1. The van der Waals surface area contributed by atoms with Gasteiger partial charge in [-0.15, -0.1) is 0 Å². The Hall–Kier alpha value is -3.78. The Morgan fingerprint density at radius 1 is 0.974 bits per heavy atom. The molecule has 0 aliphatic carbocycles. The number of benzene rings is 2. The van der Waals surface area contributed by atoms with Crippen molar-refractivity contribution in [3.8, 4) is 5.75 Å². The summed E-state index contributed by atoms with van der Waals surface area (Å²) in [5.74, 6) is 1.03. The van der Waals surface area contributed by atoms with E-state index in [1.807, 2.05) is 44.2 Å². The minimum absolute atomic E-state index is 0.0720. The topological polar surface area (TPSA) is 102 Å². The number of carbonyl (C=O) groups excluding carboxylic acids is 2. The largest absolute Gasteiger partial charge is 0.494 e. The standard InChI is InChI=1S/C31H39N5O3/c1-4-18-39-27-12-10-23(11-13-27)22-35-16-14-31(15-17-35,26-9-7-8-24(19-26)28(32)37)30-33-20-25(21-34-30)29(38)36(5-2)6-3/h7-13,19-21H,4-6,14-18,22H2,1-3H3,(H2,32,37). The molecule has 39 heavy (non-hydrogen) atoms. The van der Waals surface area contributed by atoms with E-state index < -0.39 is 11.3 Å². The number of primary amides is 1. The zero-order valence-corrected chi connectivity index (χ0v) is 23.2. The number of nitrogens with zero attached hydrogens (tertiary/aromatic N) is 4. The average molecular weight is 530 g/mol. The van der Waals surface area contributed by atoms with Crippen LogP contribution in [0, 0.1) is 0 Å². The van der Waals surface area contributed by atoms with Crippen molar-refractivity contribution in [2.24, 2.45) is 5.73 Å². The normalized spacial score (nSPS) is 15.1. The number of ether oxygens (including phenoxy) is 1. The molecule has 0 spiro atoms. The Morgan fingerprint density at radius 2 is 1.64 bits per heavy atom. The number of amides is 2. The van der Waals surface area contributed by atoms with Gasteiger partial charge in [0, 0.05) is 37.6 Å². The highest BCUT2D eigenvalue weighted by Gasteiger charge is 2.40. The number of carbonyl (C=O) groups is 2.